The first-order valence-electron chi connectivity index (χ1n) is 8.00. The lowest BCUT2D eigenvalue weighted by Gasteiger charge is -2.09. The molecule has 27 heavy (non-hydrogen) atoms. The van der Waals surface area contributed by atoms with E-state index in [0.29, 0.717) is 45.4 Å². The molecule has 0 atom stereocenters. The summed E-state index contributed by atoms with van der Waals surface area (Å²) in [7, 11) is 0. The number of fused-ring (bicyclic) bond motifs is 1. The third-order valence-electron chi connectivity index (χ3n) is 3.59. The van der Waals surface area contributed by atoms with E-state index in [-0.39, 0.29) is 12.3 Å². The van der Waals surface area contributed by atoms with Crippen LogP contribution in [-0.2, 0) is 4.79 Å². The van der Waals surface area contributed by atoms with E-state index in [1.54, 1.807) is 36.4 Å². The molecule has 2 aromatic carbocycles. The second-order valence-electron chi connectivity index (χ2n) is 5.56. The van der Waals surface area contributed by atoms with Crippen LogP contribution >= 0.6 is 23.2 Å². The fourth-order valence-corrected chi connectivity index (χ4v) is 2.71. The van der Waals surface area contributed by atoms with Gasteiger partial charge in [0.15, 0.2) is 0 Å². The van der Waals surface area contributed by atoms with Crippen molar-refractivity contribution in [2.75, 3.05) is 6.61 Å². The molecule has 0 saturated carbocycles. The van der Waals surface area contributed by atoms with Gasteiger partial charge in [-0.3, -0.25) is 20.4 Å². The predicted molar refractivity (Wildman–Crippen MR) is 101 cm³/mol. The van der Waals surface area contributed by atoms with Crippen LogP contribution < -0.4 is 15.6 Å². The number of amides is 2. The highest BCUT2D eigenvalue weighted by Crippen LogP contribution is 2.27. The van der Waals surface area contributed by atoms with E-state index in [9.17, 15) is 9.59 Å². The number of benzene rings is 2. The first kappa shape index (κ1) is 18.9. The number of carbonyl (C=O) groups is 2. The lowest BCUT2D eigenvalue weighted by Crippen LogP contribution is -2.41. The fraction of sp³-hybridized carbons (Fsp3) is 0.176. The zero-order chi connectivity index (χ0) is 19.2. The SMILES string of the molecule is O=C(CCCOc1ccc(Cl)cc1Cl)NNC(=O)c1ccc2n[nH]nc2c1. The quantitative estimate of drug-likeness (QED) is 0.429. The third-order valence-corrected chi connectivity index (χ3v) is 4.12. The zero-order valence-electron chi connectivity index (χ0n) is 14.0. The molecule has 0 unspecified atom stereocenters. The molecule has 1 heterocycles. The number of hydrazine groups is 1. The van der Waals surface area contributed by atoms with Crippen molar-refractivity contribution in [1.82, 2.24) is 26.3 Å². The Bertz CT molecular complexity index is 976. The van der Waals surface area contributed by atoms with Gasteiger partial charge in [-0.1, -0.05) is 23.2 Å². The smallest absolute Gasteiger partial charge is 0.269 e. The van der Waals surface area contributed by atoms with E-state index in [1.165, 1.54) is 0 Å². The van der Waals surface area contributed by atoms with Crippen molar-refractivity contribution in [2.45, 2.75) is 12.8 Å². The molecule has 8 nitrogen and oxygen atoms in total. The molecule has 0 spiro atoms. The van der Waals surface area contributed by atoms with E-state index in [0.717, 1.165) is 0 Å². The summed E-state index contributed by atoms with van der Waals surface area (Å²) in [6.07, 6.45) is 0.624. The number of halogens is 2. The largest absolute Gasteiger partial charge is 0.492 e. The number of aromatic nitrogens is 3. The van der Waals surface area contributed by atoms with E-state index in [1.807, 2.05) is 0 Å². The Balaban J connectivity index is 1.39. The molecule has 3 N–H and O–H groups in total. The molecule has 2 amide bonds. The summed E-state index contributed by atoms with van der Waals surface area (Å²) in [4.78, 5) is 23.9. The summed E-state index contributed by atoms with van der Waals surface area (Å²) in [5.41, 5.74) is 6.29. The van der Waals surface area contributed by atoms with Gasteiger partial charge in [-0.25, -0.2) is 0 Å². The van der Waals surface area contributed by atoms with Crippen LogP contribution in [0.3, 0.4) is 0 Å². The lowest BCUT2D eigenvalue weighted by molar-refractivity contribution is -0.122. The van der Waals surface area contributed by atoms with E-state index >= 15 is 0 Å². The number of carbonyl (C=O) groups excluding carboxylic acids is 2. The molecule has 0 aliphatic rings. The van der Waals surface area contributed by atoms with Crippen LogP contribution in [0.25, 0.3) is 11.0 Å². The number of aromatic amines is 1. The number of hydrogen-bond donors (Lipinski definition) is 3. The van der Waals surface area contributed by atoms with Gasteiger partial charge in [-0.15, -0.1) is 0 Å². The second kappa shape index (κ2) is 8.70. The molecular weight excluding hydrogens is 393 g/mol. The van der Waals surface area contributed by atoms with E-state index < -0.39 is 5.91 Å². The maximum Gasteiger partial charge on any atom is 0.269 e. The van der Waals surface area contributed by atoms with Gasteiger partial charge in [-0.05, 0) is 42.8 Å². The maximum absolute atomic E-state index is 12.1. The van der Waals surface area contributed by atoms with Crippen molar-refractivity contribution in [3.05, 3.63) is 52.0 Å². The fourth-order valence-electron chi connectivity index (χ4n) is 2.25. The molecule has 0 radical (unpaired) electrons. The molecule has 0 aliphatic carbocycles. The molecule has 0 aliphatic heterocycles. The van der Waals surface area contributed by atoms with Crippen LogP contribution in [-0.4, -0.2) is 33.8 Å². The Hall–Kier alpha value is -2.84. The molecule has 0 fully saturated rings. The van der Waals surface area contributed by atoms with Crippen LogP contribution in [0, 0.1) is 0 Å². The second-order valence-corrected chi connectivity index (χ2v) is 6.40. The van der Waals surface area contributed by atoms with Gasteiger partial charge in [0.2, 0.25) is 5.91 Å². The normalized spacial score (nSPS) is 10.6. The first-order chi connectivity index (χ1) is 13.0. The number of ether oxygens (including phenoxy) is 1. The van der Waals surface area contributed by atoms with Gasteiger partial charge in [0.1, 0.15) is 16.8 Å². The van der Waals surface area contributed by atoms with Crippen LogP contribution in [0.2, 0.25) is 10.0 Å². The number of nitrogens with zero attached hydrogens (tertiary/aromatic N) is 2. The van der Waals surface area contributed by atoms with Crippen LogP contribution in [0.5, 0.6) is 5.75 Å². The molecule has 0 bridgehead atoms. The average Bonchev–Trinajstić information content (AvgIpc) is 3.12. The van der Waals surface area contributed by atoms with Crippen molar-refractivity contribution >= 4 is 46.0 Å². The first-order valence-corrected chi connectivity index (χ1v) is 8.76. The molecular formula is C17H15Cl2N5O3. The number of rotatable bonds is 6. The highest BCUT2D eigenvalue weighted by molar-refractivity contribution is 6.35. The molecule has 0 saturated heterocycles. The number of H-pyrrole nitrogens is 1. The molecule has 3 aromatic rings. The van der Waals surface area contributed by atoms with Crippen LogP contribution in [0.15, 0.2) is 36.4 Å². The summed E-state index contributed by atoms with van der Waals surface area (Å²) in [5, 5.41) is 11.2. The van der Waals surface area contributed by atoms with Crippen molar-refractivity contribution in [3.8, 4) is 5.75 Å². The van der Waals surface area contributed by atoms with Crippen LogP contribution in [0.4, 0.5) is 0 Å². The van der Waals surface area contributed by atoms with Gasteiger partial charge in [0.25, 0.3) is 5.91 Å². The number of nitrogens with one attached hydrogen (secondary N) is 3. The molecule has 10 heteroatoms. The van der Waals surface area contributed by atoms with Gasteiger partial charge in [0, 0.05) is 17.0 Å². The van der Waals surface area contributed by atoms with Crippen molar-refractivity contribution in [3.63, 3.8) is 0 Å². The topological polar surface area (TPSA) is 109 Å². The number of hydrogen-bond acceptors (Lipinski definition) is 5. The standard InChI is InChI=1S/C17H15Cl2N5O3/c18-11-4-6-15(12(19)9-11)27-7-1-2-16(25)22-23-17(26)10-3-5-13-14(8-10)21-24-20-13/h3-6,8-9H,1-2,7H2,(H,22,25)(H,23,26)(H,20,21,24). The lowest BCUT2D eigenvalue weighted by atomic mass is 10.2. The minimum Gasteiger partial charge on any atom is -0.492 e. The molecule has 140 valence electrons. The van der Waals surface area contributed by atoms with Crippen molar-refractivity contribution in [2.24, 2.45) is 0 Å². The maximum atomic E-state index is 12.1. The Kier molecular flexibility index (Phi) is 6.10. The predicted octanol–water partition coefficient (Wildman–Crippen LogP) is 2.88. The van der Waals surface area contributed by atoms with Crippen LogP contribution in [0.1, 0.15) is 23.2 Å². The summed E-state index contributed by atoms with van der Waals surface area (Å²) < 4.78 is 5.50. The minimum absolute atomic E-state index is 0.174. The van der Waals surface area contributed by atoms with Gasteiger partial charge >= 0.3 is 0 Å². The summed E-state index contributed by atoms with van der Waals surface area (Å²) in [6, 6.07) is 9.74. The van der Waals surface area contributed by atoms with Gasteiger partial charge in [0.05, 0.1) is 11.6 Å². The molecule has 1 aromatic heterocycles. The average molecular weight is 408 g/mol. The minimum atomic E-state index is -0.447. The Labute approximate surface area is 164 Å². The summed E-state index contributed by atoms with van der Waals surface area (Å²) >= 11 is 11.8. The van der Waals surface area contributed by atoms with Gasteiger partial charge in [-0.2, -0.15) is 15.4 Å². The molecule has 3 rings (SSSR count). The summed E-state index contributed by atoms with van der Waals surface area (Å²) in [6.45, 7) is 0.297. The Morgan fingerprint density at radius 1 is 1.04 bits per heavy atom. The highest BCUT2D eigenvalue weighted by atomic mass is 35.5. The van der Waals surface area contributed by atoms with E-state index in [4.69, 9.17) is 27.9 Å². The van der Waals surface area contributed by atoms with Crippen molar-refractivity contribution < 1.29 is 14.3 Å². The Morgan fingerprint density at radius 2 is 1.85 bits per heavy atom. The Morgan fingerprint density at radius 3 is 2.67 bits per heavy atom. The van der Waals surface area contributed by atoms with Crippen molar-refractivity contribution in [1.29, 1.82) is 0 Å². The monoisotopic (exact) mass is 407 g/mol. The highest BCUT2D eigenvalue weighted by Gasteiger charge is 2.10. The van der Waals surface area contributed by atoms with E-state index in [2.05, 4.69) is 26.3 Å². The summed E-state index contributed by atoms with van der Waals surface area (Å²) in [5.74, 6) is -0.285. The van der Waals surface area contributed by atoms with Gasteiger partial charge < -0.3 is 4.74 Å². The zero-order valence-corrected chi connectivity index (χ0v) is 15.5. The third kappa shape index (κ3) is 5.08.